The molecule has 0 amide bonds. The Kier molecular flexibility index (Phi) is 18.4. The van der Waals surface area contributed by atoms with Crippen molar-refractivity contribution < 1.29 is 39.5 Å². The normalized spacial score (nSPS) is 23.5. The Balaban J connectivity index is 1.03. The van der Waals surface area contributed by atoms with Gasteiger partial charge in [-0.05, 0) is 124 Å². The fourth-order valence-electron chi connectivity index (χ4n) is 12.7. The number of carbonyl (C=O) groups is 2. The Morgan fingerprint density at radius 1 is 0.388 bits per heavy atom. The van der Waals surface area contributed by atoms with E-state index in [1.54, 1.807) is 49.1 Å². The SMILES string of the molecule is CC(C)(C)c1cc(C=N[C@@H]2CCCC[C@H]2N=Cc2cc(OC(=O)[C@@H]3[C@H](C(=O)Oc4cc(C=N[C@@H]5CCCC[C@H]5N=Cc5cc(C(C)(C)C)cc(C(C)(C)C)c5O)c(O)c(C(C)(C)C)c4)[C@@H]4C=C[C@H]3C4)cc(C(C)(C)C)c2O)c(O)c(C(C)(C)C)c1. The maximum Gasteiger partial charge on any atom is 0.315 e. The van der Waals surface area contributed by atoms with Crippen molar-refractivity contribution in [3.8, 4) is 34.5 Å². The number of hydrogen-bond acceptors (Lipinski definition) is 12. The molecule has 8 atom stereocenters. The number of benzene rings is 4. The largest absolute Gasteiger partial charge is 0.507 e. The Labute approximate surface area is 507 Å². The van der Waals surface area contributed by atoms with Crippen molar-refractivity contribution in [3.63, 3.8) is 0 Å². The molecule has 4 aromatic rings. The maximum absolute atomic E-state index is 14.7. The molecule has 0 saturated heterocycles. The molecule has 12 heteroatoms. The zero-order chi connectivity index (χ0) is 62.5. The van der Waals surface area contributed by atoms with E-state index in [0.717, 1.165) is 73.6 Å². The first-order chi connectivity index (χ1) is 39.4. The van der Waals surface area contributed by atoms with Gasteiger partial charge in [0, 0.05) is 69.4 Å². The summed E-state index contributed by atoms with van der Waals surface area (Å²) < 4.78 is 12.6. The van der Waals surface area contributed by atoms with Crippen LogP contribution in [0.2, 0.25) is 0 Å². The standard InChI is InChI=1S/C73H98N4O8/c1-68(2,3)48-30-44(62(78)52(34-48)70(7,8)9)38-74-56-23-19-21-25-58(56)76-40-46-32-50(36-54(64(46)80)72(13,14)15)84-66(82)60-42-27-28-43(29-42)61(60)67(83)85-51-33-47(65(81)55(37-51)73(16,17)18)41-77-59-26-22-20-24-57(59)75-39-45-31-49(69(4,5)6)35-53(63(45)79)71(10,11)12/h27-28,30-43,56-61,78-81H,19-26,29H2,1-18H3/t42-,43+,56-,57-,58-,59-,60-,61+/m1/s1. The number of phenols is 4. The van der Waals surface area contributed by atoms with Crippen LogP contribution in [-0.2, 0) is 42.1 Å². The van der Waals surface area contributed by atoms with Gasteiger partial charge >= 0.3 is 11.9 Å². The zero-order valence-electron chi connectivity index (χ0n) is 54.3. The molecule has 85 heavy (non-hydrogen) atoms. The number of allylic oxidation sites excluding steroid dienone is 2. The number of nitrogens with zero attached hydrogens (tertiary/aromatic N) is 4. The molecule has 0 unspecified atom stereocenters. The minimum atomic E-state index is -0.836. The van der Waals surface area contributed by atoms with Crippen molar-refractivity contribution in [2.75, 3.05) is 0 Å². The predicted octanol–water partition coefficient (Wildman–Crippen LogP) is 15.9. The number of carbonyl (C=O) groups excluding carboxylic acids is 2. The van der Waals surface area contributed by atoms with E-state index in [4.69, 9.17) is 29.4 Å². The maximum atomic E-state index is 14.7. The summed E-state index contributed by atoms with van der Waals surface area (Å²) in [5.74, 6) is -2.25. The van der Waals surface area contributed by atoms with Crippen molar-refractivity contribution in [1.29, 1.82) is 0 Å². The van der Waals surface area contributed by atoms with Gasteiger partial charge in [-0.2, -0.15) is 0 Å². The highest BCUT2D eigenvalue weighted by Crippen LogP contribution is 2.50. The fourth-order valence-corrected chi connectivity index (χ4v) is 12.7. The molecular weight excluding hydrogens is 1060 g/mol. The molecule has 0 radical (unpaired) electrons. The van der Waals surface area contributed by atoms with E-state index in [2.05, 4.69) is 95.2 Å². The highest BCUT2D eigenvalue weighted by atomic mass is 16.5. The molecule has 458 valence electrons. The first-order valence-corrected chi connectivity index (χ1v) is 31.2. The average Bonchev–Trinajstić information content (AvgIpc) is 2.09. The van der Waals surface area contributed by atoms with Crippen LogP contribution in [0.1, 0.15) is 238 Å². The summed E-state index contributed by atoms with van der Waals surface area (Å²) in [5, 5.41) is 46.7. The van der Waals surface area contributed by atoms with Gasteiger partial charge in [0.05, 0.1) is 36.0 Å². The quantitative estimate of drug-likeness (QED) is 0.0468. The van der Waals surface area contributed by atoms with Gasteiger partial charge in [0.1, 0.15) is 34.5 Å². The molecule has 0 aliphatic heterocycles. The highest BCUT2D eigenvalue weighted by molar-refractivity contribution is 5.90. The van der Waals surface area contributed by atoms with E-state index in [0.29, 0.717) is 39.8 Å². The Morgan fingerprint density at radius 3 is 0.906 bits per heavy atom. The summed E-state index contributed by atoms with van der Waals surface area (Å²) in [7, 11) is 0. The number of aliphatic imine (C=N–C) groups is 4. The van der Waals surface area contributed by atoms with Crippen molar-refractivity contribution in [2.24, 2.45) is 43.6 Å². The topological polar surface area (TPSA) is 183 Å². The number of esters is 2. The summed E-state index contributed by atoms with van der Waals surface area (Å²) in [6, 6.07) is 14.3. The van der Waals surface area contributed by atoms with Crippen LogP contribution in [0.15, 0.2) is 80.7 Å². The van der Waals surface area contributed by atoms with Gasteiger partial charge in [0.15, 0.2) is 0 Å². The minimum absolute atomic E-state index is 0.0449. The molecule has 4 aliphatic carbocycles. The van der Waals surface area contributed by atoms with Crippen LogP contribution in [0.5, 0.6) is 34.5 Å². The van der Waals surface area contributed by atoms with Crippen molar-refractivity contribution >= 4 is 36.8 Å². The molecule has 0 heterocycles. The molecule has 12 nitrogen and oxygen atoms in total. The molecular formula is C73H98N4O8. The van der Waals surface area contributed by atoms with E-state index in [1.165, 1.54) is 0 Å². The van der Waals surface area contributed by atoms with Crippen LogP contribution in [-0.4, -0.2) is 81.4 Å². The first kappa shape index (κ1) is 64.4. The molecule has 4 aliphatic rings. The number of aromatic hydroxyl groups is 4. The lowest BCUT2D eigenvalue weighted by molar-refractivity contribution is -0.151. The van der Waals surface area contributed by atoms with Gasteiger partial charge in [0.2, 0.25) is 0 Å². The third kappa shape index (κ3) is 14.8. The highest BCUT2D eigenvalue weighted by Gasteiger charge is 2.53. The van der Waals surface area contributed by atoms with Crippen molar-refractivity contribution in [2.45, 2.75) is 239 Å². The molecule has 2 bridgehead atoms. The number of phenolic OH excluding ortho intramolecular Hbond substituents is 4. The predicted molar refractivity (Wildman–Crippen MR) is 346 cm³/mol. The third-order valence-corrected chi connectivity index (χ3v) is 17.9. The Morgan fingerprint density at radius 2 is 0.647 bits per heavy atom. The minimum Gasteiger partial charge on any atom is -0.507 e. The molecule has 4 aromatic carbocycles. The lowest BCUT2D eigenvalue weighted by atomic mass is 9.79. The van der Waals surface area contributed by atoms with Gasteiger partial charge in [-0.1, -0.05) is 175 Å². The lowest BCUT2D eigenvalue weighted by Crippen LogP contribution is -2.37. The number of hydrogen-bond donors (Lipinski definition) is 4. The molecule has 0 spiro atoms. The van der Waals surface area contributed by atoms with Crippen LogP contribution < -0.4 is 9.47 Å². The van der Waals surface area contributed by atoms with Crippen molar-refractivity contribution in [3.05, 3.63) is 116 Å². The summed E-state index contributed by atoms with van der Waals surface area (Å²) >= 11 is 0. The van der Waals surface area contributed by atoms with Gasteiger partial charge in [-0.25, -0.2) is 0 Å². The summed E-state index contributed by atoms with van der Waals surface area (Å²) in [6.45, 7) is 37.5. The lowest BCUT2D eigenvalue weighted by Gasteiger charge is -2.28. The monoisotopic (exact) mass is 1160 g/mol. The van der Waals surface area contributed by atoms with E-state index >= 15 is 0 Å². The van der Waals surface area contributed by atoms with Gasteiger partial charge in [0.25, 0.3) is 0 Å². The zero-order valence-corrected chi connectivity index (χ0v) is 54.3. The van der Waals surface area contributed by atoms with E-state index in [9.17, 15) is 30.0 Å². The first-order valence-electron chi connectivity index (χ1n) is 31.2. The molecule has 4 N–H and O–H groups in total. The molecule has 3 saturated carbocycles. The fraction of sp³-hybridized carbons (Fsp3) is 0.562. The average molecular weight is 1160 g/mol. The second kappa shape index (κ2) is 24.3. The van der Waals surface area contributed by atoms with Crippen LogP contribution in [0.25, 0.3) is 0 Å². The van der Waals surface area contributed by atoms with E-state index < -0.39 is 34.6 Å². The molecule has 3 fully saturated rings. The van der Waals surface area contributed by atoms with Gasteiger partial charge in [-0.15, -0.1) is 0 Å². The summed E-state index contributed by atoms with van der Waals surface area (Å²) in [6.07, 6.45) is 18.7. The number of ether oxygens (including phenoxy) is 2. The Hall–Kier alpha value is -6.56. The molecule has 0 aromatic heterocycles. The number of fused-ring (bicyclic) bond motifs is 2. The van der Waals surface area contributed by atoms with Crippen LogP contribution in [0, 0.1) is 23.7 Å². The smallest absolute Gasteiger partial charge is 0.315 e. The number of rotatable bonds is 12. The van der Waals surface area contributed by atoms with E-state index in [1.807, 2.05) is 65.8 Å². The Bertz CT molecular complexity index is 3090. The van der Waals surface area contributed by atoms with Gasteiger partial charge in [-0.3, -0.25) is 29.6 Å². The van der Waals surface area contributed by atoms with Crippen LogP contribution >= 0.6 is 0 Å². The second-order valence-corrected chi connectivity index (χ2v) is 31.0. The van der Waals surface area contributed by atoms with Gasteiger partial charge < -0.3 is 29.9 Å². The second-order valence-electron chi connectivity index (χ2n) is 31.0. The van der Waals surface area contributed by atoms with Crippen LogP contribution in [0.4, 0.5) is 0 Å². The summed E-state index contributed by atoms with van der Waals surface area (Å²) in [4.78, 5) is 49.7. The summed E-state index contributed by atoms with van der Waals surface area (Å²) in [5.41, 5.74) is 5.42. The van der Waals surface area contributed by atoms with Crippen LogP contribution in [0.3, 0.4) is 0 Å². The molecule has 8 rings (SSSR count). The van der Waals surface area contributed by atoms with E-state index in [-0.39, 0.29) is 92.2 Å². The third-order valence-electron chi connectivity index (χ3n) is 17.9. The van der Waals surface area contributed by atoms with Crippen molar-refractivity contribution in [1.82, 2.24) is 0 Å².